The van der Waals surface area contributed by atoms with Crippen LogP contribution in [-0.4, -0.2) is 52.6 Å². The number of methoxy groups -OCH3 is 4. The van der Waals surface area contributed by atoms with Crippen LogP contribution in [0.15, 0.2) is 48.6 Å². The first-order valence-corrected chi connectivity index (χ1v) is 11.7. The van der Waals surface area contributed by atoms with E-state index < -0.39 is 11.9 Å². The molecule has 8 nitrogen and oxygen atoms in total. The Labute approximate surface area is 211 Å². The number of carbonyl (C=O) groups excluding carboxylic acids is 2. The second-order valence-electron chi connectivity index (χ2n) is 8.17. The summed E-state index contributed by atoms with van der Waals surface area (Å²) in [6.07, 6.45) is 8.25. The normalized spacial score (nSPS) is 17.6. The molecule has 0 unspecified atom stereocenters. The van der Waals surface area contributed by atoms with Gasteiger partial charge in [0.1, 0.15) is 12.2 Å². The van der Waals surface area contributed by atoms with Gasteiger partial charge in [0.25, 0.3) is 0 Å². The monoisotopic (exact) mass is 496 g/mol. The van der Waals surface area contributed by atoms with E-state index in [1.165, 1.54) is 12.2 Å². The molecule has 1 fully saturated rings. The highest BCUT2D eigenvalue weighted by atomic mass is 16.6. The smallest absolute Gasteiger partial charge is 0.331 e. The Bertz CT molecular complexity index is 1010. The Balaban J connectivity index is 1.43. The molecule has 0 amide bonds. The lowest BCUT2D eigenvalue weighted by Crippen LogP contribution is -2.29. The summed E-state index contributed by atoms with van der Waals surface area (Å²) in [5, 5.41) is 0. The van der Waals surface area contributed by atoms with Gasteiger partial charge in [-0.1, -0.05) is 12.1 Å². The number of esters is 2. The summed E-state index contributed by atoms with van der Waals surface area (Å²) in [5.41, 5.74) is 1.59. The van der Waals surface area contributed by atoms with Crippen molar-refractivity contribution in [1.82, 2.24) is 0 Å². The van der Waals surface area contributed by atoms with E-state index in [4.69, 9.17) is 28.4 Å². The number of hydrogen-bond acceptors (Lipinski definition) is 8. The van der Waals surface area contributed by atoms with Crippen molar-refractivity contribution in [1.29, 1.82) is 0 Å². The van der Waals surface area contributed by atoms with E-state index in [9.17, 15) is 9.59 Å². The van der Waals surface area contributed by atoms with Crippen LogP contribution in [-0.2, 0) is 19.1 Å². The average Bonchev–Trinajstić information content (AvgIpc) is 2.91. The molecule has 0 atom stereocenters. The number of ether oxygens (including phenoxy) is 6. The Hall–Kier alpha value is -3.94. The number of hydrogen-bond donors (Lipinski definition) is 0. The first-order valence-electron chi connectivity index (χ1n) is 11.7. The standard InChI is InChI=1S/C28H32O8/c1-31-23-13-5-19(17-25(23)33-3)7-15-27(29)35-21-9-11-22(12-10-21)36-28(30)16-8-20-6-14-24(32-2)26(18-20)34-4/h5-8,13-18,21-22H,9-12H2,1-4H3/b15-7+,16-8+. The Morgan fingerprint density at radius 2 is 0.972 bits per heavy atom. The van der Waals surface area contributed by atoms with Crippen LogP contribution in [0.25, 0.3) is 12.2 Å². The van der Waals surface area contributed by atoms with Crippen LogP contribution in [0.4, 0.5) is 0 Å². The molecule has 0 N–H and O–H groups in total. The van der Waals surface area contributed by atoms with Gasteiger partial charge in [-0.15, -0.1) is 0 Å². The second kappa shape index (κ2) is 13.2. The van der Waals surface area contributed by atoms with Crippen LogP contribution >= 0.6 is 0 Å². The third-order valence-electron chi connectivity index (χ3n) is 5.83. The minimum Gasteiger partial charge on any atom is -0.493 e. The molecular formula is C28H32O8. The molecule has 0 heterocycles. The SMILES string of the molecule is COc1ccc(/C=C/C(=O)OC2CCC(OC(=O)/C=C/c3ccc(OC)c(OC)c3)CC2)cc1OC. The Morgan fingerprint density at radius 3 is 1.31 bits per heavy atom. The zero-order valence-corrected chi connectivity index (χ0v) is 21.0. The molecule has 1 aliphatic carbocycles. The minimum atomic E-state index is -0.414. The average molecular weight is 497 g/mol. The molecule has 8 heteroatoms. The second-order valence-corrected chi connectivity index (χ2v) is 8.17. The summed E-state index contributed by atoms with van der Waals surface area (Å²) in [6.45, 7) is 0. The van der Waals surface area contributed by atoms with Gasteiger partial charge in [0.2, 0.25) is 0 Å². The van der Waals surface area contributed by atoms with Crippen molar-refractivity contribution in [2.75, 3.05) is 28.4 Å². The molecule has 36 heavy (non-hydrogen) atoms. The predicted molar refractivity (Wildman–Crippen MR) is 135 cm³/mol. The van der Waals surface area contributed by atoms with E-state index in [1.807, 2.05) is 12.1 Å². The highest BCUT2D eigenvalue weighted by molar-refractivity contribution is 5.88. The van der Waals surface area contributed by atoms with Gasteiger partial charge in [-0.25, -0.2) is 9.59 Å². The molecule has 1 saturated carbocycles. The molecule has 0 aliphatic heterocycles. The van der Waals surface area contributed by atoms with Gasteiger partial charge in [-0.3, -0.25) is 0 Å². The van der Waals surface area contributed by atoms with Gasteiger partial charge < -0.3 is 28.4 Å². The van der Waals surface area contributed by atoms with E-state index >= 15 is 0 Å². The third-order valence-corrected chi connectivity index (χ3v) is 5.83. The lowest BCUT2D eigenvalue weighted by Gasteiger charge is -2.27. The minimum absolute atomic E-state index is 0.204. The van der Waals surface area contributed by atoms with Crippen LogP contribution in [0.1, 0.15) is 36.8 Å². The topological polar surface area (TPSA) is 89.5 Å². The molecule has 192 valence electrons. The summed E-state index contributed by atoms with van der Waals surface area (Å²) >= 11 is 0. The maximum absolute atomic E-state index is 12.3. The summed E-state index contributed by atoms with van der Waals surface area (Å²) < 4.78 is 32.1. The quantitative estimate of drug-likeness (QED) is 0.341. The van der Waals surface area contributed by atoms with Gasteiger partial charge >= 0.3 is 11.9 Å². The van der Waals surface area contributed by atoms with E-state index in [0.29, 0.717) is 48.7 Å². The van der Waals surface area contributed by atoms with E-state index in [2.05, 4.69) is 0 Å². The maximum atomic E-state index is 12.3. The fraction of sp³-hybridized carbons (Fsp3) is 0.357. The molecular weight excluding hydrogens is 464 g/mol. The van der Waals surface area contributed by atoms with Crippen LogP contribution in [0.3, 0.4) is 0 Å². The Morgan fingerprint density at radius 1 is 0.611 bits per heavy atom. The van der Waals surface area contributed by atoms with E-state index in [-0.39, 0.29) is 12.2 Å². The summed E-state index contributed by atoms with van der Waals surface area (Å²) in [7, 11) is 6.25. The van der Waals surface area contributed by atoms with Gasteiger partial charge in [0.05, 0.1) is 28.4 Å². The molecule has 2 aromatic carbocycles. The van der Waals surface area contributed by atoms with Crippen molar-refractivity contribution < 1.29 is 38.0 Å². The van der Waals surface area contributed by atoms with Gasteiger partial charge in [0.15, 0.2) is 23.0 Å². The van der Waals surface area contributed by atoms with Gasteiger partial charge in [-0.2, -0.15) is 0 Å². The lowest BCUT2D eigenvalue weighted by molar-refractivity contribution is -0.151. The molecule has 2 aromatic rings. The fourth-order valence-electron chi connectivity index (χ4n) is 3.92. The molecule has 0 bridgehead atoms. The first kappa shape index (κ1) is 26.7. The molecule has 3 rings (SSSR count). The van der Waals surface area contributed by atoms with Crippen molar-refractivity contribution >= 4 is 24.1 Å². The van der Waals surface area contributed by atoms with Crippen molar-refractivity contribution in [3.8, 4) is 23.0 Å². The van der Waals surface area contributed by atoms with Crippen molar-refractivity contribution in [2.24, 2.45) is 0 Å². The number of carbonyl (C=O) groups is 2. The zero-order chi connectivity index (χ0) is 25.9. The van der Waals surface area contributed by atoms with Crippen molar-refractivity contribution in [3.05, 3.63) is 59.7 Å². The van der Waals surface area contributed by atoms with E-state index in [0.717, 1.165) is 11.1 Å². The molecule has 0 spiro atoms. The maximum Gasteiger partial charge on any atom is 0.331 e. The van der Waals surface area contributed by atoms with Crippen molar-refractivity contribution in [2.45, 2.75) is 37.9 Å². The third kappa shape index (κ3) is 7.53. The molecule has 0 aromatic heterocycles. The fourth-order valence-corrected chi connectivity index (χ4v) is 3.92. The number of benzene rings is 2. The highest BCUT2D eigenvalue weighted by Crippen LogP contribution is 2.29. The first-order chi connectivity index (χ1) is 17.4. The molecule has 0 saturated heterocycles. The van der Waals surface area contributed by atoms with Crippen LogP contribution < -0.4 is 18.9 Å². The number of rotatable bonds is 10. The largest absolute Gasteiger partial charge is 0.493 e. The predicted octanol–water partition coefficient (Wildman–Crippen LogP) is 4.85. The van der Waals surface area contributed by atoms with Crippen LogP contribution in [0, 0.1) is 0 Å². The van der Waals surface area contributed by atoms with Gasteiger partial charge in [0, 0.05) is 12.2 Å². The summed E-state index contributed by atoms with van der Waals surface area (Å²) in [5.74, 6) is 1.57. The molecule has 1 aliphatic rings. The van der Waals surface area contributed by atoms with E-state index in [1.54, 1.807) is 64.9 Å². The van der Waals surface area contributed by atoms with Crippen LogP contribution in [0.2, 0.25) is 0 Å². The molecule has 0 radical (unpaired) electrons. The summed E-state index contributed by atoms with van der Waals surface area (Å²) in [4.78, 5) is 24.5. The zero-order valence-electron chi connectivity index (χ0n) is 21.0. The lowest BCUT2D eigenvalue weighted by atomic mass is 9.95. The van der Waals surface area contributed by atoms with Gasteiger partial charge in [-0.05, 0) is 73.2 Å². The van der Waals surface area contributed by atoms with Crippen LogP contribution in [0.5, 0.6) is 23.0 Å². The van der Waals surface area contributed by atoms with Crippen molar-refractivity contribution in [3.63, 3.8) is 0 Å². The highest BCUT2D eigenvalue weighted by Gasteiger charge is 2.25. The Kier molecular flexibility index (Phi) is 9.80. The summed E-state index contributed by atoms with van der Waals surface area (Å²) in [6, 6.07) is 10.8.